The van der Waals surface area contributed by atoms with E-state index in [1.165, 1.54) is 6.20 Å². The Balaban J connectivity index is 2.56. The summed E-state index contributed by atoms with van der Waals surface area (Å²) in [6, 6.07) is 5.88. The van der Waals surface area contributed by atoms with Gasteiger partial charge in [-0.1, -0.05) is 6.07 Å². The number of carbonyl (C=O) groups is 1. The number of aryl methyl sites for hydroxylation is 2. The SMILES string of the molecule is Cc1ccc(-n2cc(C(=O)O)nc2C)c(Br)c1. The number of rotatable bonds is 2. The first kappa shape index (κ1) is 11.9. The van der Waals surface area contributed by atoms with Crippen LogP contribution in [0.4, 0.5) is 0 Å². The van der Waals surface area contributed by atoms with E-state index < -0.39 is 5.97 Å². The van der Waals surface area contributed by atoms with Crippen molar-refractivity contribution in [1.29, 1.82) is 0 Å². The zero-order chi connectivity index (χ0) is 12.6. The van der Waals surface area contributed by atoms with Crippen LogP contribution in [0.15, 0.2) is 28.9 Å². The second kappa shape index (κ2) is 4.33. The number of benzene rings is 1. The number of aromatic nitrogens is 2. The largest absolute Gasteiger partial charge is 0.476 e. The molecular weight excluding hydrogens is 284 g/mol. The number of aromatic carboxylic acids is 1. The predicted molar refractivity (Wildman–Crippen MR) is 67.7 cm³/mol. The van der Waals surface area contributed by atoms with Crippen LogP contribution in [0, 0.1) is 13.8 Å². The molecule has 0 radical (unpaired) electrons. The van der Waals surface area contributed by atoms with E-state index in [0.29, 0.717) is 5.82 Å². The Labute approximate surface area is 107 Å². The molecule has 1 aromatic heterocycles. The number of halogens is 1. The van der Waals surface area contributed by atoms with Gasteiger partial charge >= 0.3 is 5.97 Å². The molecule has 0 unspecified atom stereocenters. The number of hydrogen-bond donors (Lipinski definition) is 1. The minimum Gasteiger partial charge on any atom is -0.476 e. The highest BCUT2D eigenvalue weighted by Gasteiger charge is 2.12. The third-order valence-electron chi connectivity index (χ3n) is 2.46. The van der Waals surface area contributed by atoms with Gasteiger partial charge in [0, 0.05) is 10.7 Å². The van der Waals surface area contributed by atoms with Crippen molar-refractivity contribution in [1.82, 2.24) is 9.55 Å². The molecule has 0 fully saturated rings. The molecule has 4 nitrogen and oxygen atoms in total. The maximum Gasteiger partial charge on any atom is 0.356 e. The Kier molecular flexibility index (Phi) is 3.02. The van der Waals surface area contributed by atoms with Crippen molar-refractivity contribution in [2.75, 3.05) is 0 Å². The minimum atomic E-state index is -1.02. The number of carboxylic acids is 1. The molecule has 1 N–H and O–H groups in total. The van der Waals surface area contributed by atoms with E-state index >= 15 is 0 Å². The number of hydrogen-bond acceptors (Lipinski definition) is 2. The molecule has 88 valence electrons. The highest BCUT2D eigenvalue weighted by atomic mass is 79.9. The third-order valence-corrected chi connectivity index (χ3v) is 3.10. The highest BCUT2D eigenvalue weighted by molar-refractivity contribution is 9.10. The quantitative estimate of drug-likeness (QED) is 0.926. The van der Waals surface area contributed by atoms with Crippen molar-refractivity contribution in [3.05, 3.63) is 46.0 Å². The van der Waals surface area contributed by atoms with Crippen molar-refractivity contribution in [3.63, 3.8) is 0 Å². The van der Waals surface area contributed by atoms with Crippen LogP contribution in [0.1, 0.15) is 21.9 Å². The maximum absolute atomic E-state index is 10.8. The summed E-state index contributed by atoms with van der Waals surface area (Å²) < 4.78 is 2.67. The fourth-order valence-electron chi connectivity index (χ4n) is 1.63. The van der Waals surface area contributed by atoms with Gasteiger partial charge in [0.1, 0.15) is 5.82 Å². The molecule has 0 saturated carbocycles. The lowest BCUT2D eigenvalue weighted by atomic mass is 10.2. The van der Waals surface area contributed by atoms with E-state index in [1.807, 2.05) is 25.1 Å². The summed E-state index contributed by atoms with van der Waals surface area (Å²) in [6.45, 7) is 3.77. The Hall–Kier alpha value is -1.62. The van der Waals surface area contributed by atoms with Crippen molar-refractivity contribution in [2.24, 2.45) is 0 Å². The van der Waals surface area contributed by atoms with Crippen LogP contribution in [0.2, 0.25) is 0 Å². The summed E-state index contributed by atoms with van der Waals surface area (Å²) in [6.07, 6.45) is 1.52. The normalized spacial score (nSPS) is 10.5. The molecular formula is C12H11BrN2O2. The second-order valence-corrected chi connectivity index (χ2v) is 4.66. The fraction of sp³-hybridized carbons (Fsp3) is 0.167. The lowest BCUT2D eigenvalue weighted by Crippen LogP contribution is -1.97. The monoisotopic (exact) mass is 294 g/mol. The van der Waals surface area contributed by atoms with Crippen LogP contribution in [0.5, 0.6) is 0 Å². The summed E-state index contributed by atoms with van der Waals surface area (Å²) in [5, 5.41) is 8.90. The van der Waals surface area contributed by atoms with Gasteiger partial charge in [0.05, 0.1) is 5.69 Å². The van der Waals surface area contributed by atoms with Crippen molar-refractivity contribution in [3.8, 4) is 5.69 Å². The number of nitrogens with zero attached hydrogens (tertiary/aromatic N) is 2. The van der Waals surface area contributed by atoms with Gasteiger partial charge < -0.3 is 9.67 Å². The first-order valence-electron chi connectivity index (χ1n) is 5.05. The minimum absolute atomic E-state index is 0.0509. The standard InChI is InChI=1S/C12H11BrN2O2/c1-7-3-4-11(9(13)5-7)15-6-10(12(16)17)14-8(15)2/h3-6H,1-2H3,(H,16,17). The predicted octanol–water partition coefficient (Wildman–Crippen LogP) is 2.95. The molecule has 2 rings (SSSR count). The molecule has 0 spiro atoms. The molecule has 2 aromatic rings. The molecule has 0 aliphatic heterocycles. The van der Waals surface area contributed by atoms with Crippen LogP contribution < -0.4 is 0 Å². The summed E-state index contributed by atoms with van der Waals surface area (Å²) in [7, 11) is 0. The Morgan fingerprint density at radius 2 is 2.12 bits per heavy atom. The number of carboxylic acid groups (broad SMARTS) is 1. The van der Waals surface area contributed by atoms with Gasteiger partial charge in [0.15, 0.2) is 5.69 Å². The van der Waals surface area contributed by atoms with Crippen molar-refractivity contribution < 1.29 is 9.90 Å². The van der Waals surface area contributed by atoms with Gasteiger partial charge in [-0.2, -0.15) is 0 Å². The van der Waals surface area contributed by atoms with Crippen LogP contribution in [0.25, 0.3) is 5.69 Å². The Bertz CT molecular complexity index is 590. The first-order valence-corrected chi connectivity index (χ1v) is 5.84. The third kappa shape index (κ3) is 2.24. The van der Waals surface area contributed by atoms with E-state index in [4.69, 9.17) is 5.11 Å². The van der Waals surface area contributed by atoms with Crippen LogP contribution in [-0.2, 0) is 0 Å². The Morgan fingerprint density at radius 1 is 1.41 bits per heavy atom. The maximum atomic E-state index is 10.8. The molecule has 1 aromatic carbocycles. The summed E-state index contributed by atoms with van der Waals surface area (Å²) in [5.74, 6) is -0.373. The topological polar surface area (TPSA) is 55.1 Å². The lowest BCUT2D eigenvalue weighted by molar-refractivity contribution is 0.0691. The zero-order valence-corrected chi connectivity index (χ0v) is 11.0. The van der Waals surface area contributed by atoms with E-state index in [2.05, 4.69) is 20.9 Å². The van der Waals surface area contributed by atoms with Gasteiger partial charge in [-0.05, 0) is 47.5 Å². The molecule has 0 bridgehead atoms. The number of imidazole rings is 1. The molecule has 17 heavy (non-hydrogen) atoms. The molecule has 0 aliphatic carbocycles. The molecule has 0 aliphatic rings. The average Bonchev–Trinajstić information content (AvgIpc) is 2.61. The summed E-state index contributed by atoms with van der Waals surface area (Å²) in [4.78, 5) is 14.8. The van der Waals surface area contributed by atoms with Crippen molar-refractivity contribution >= 4 is 21.9 Å². The Morgan fingerprint density at radius 3 is 2.65 bits per heavy atom. The molecule has 0 atom stereocenters. The zero-order valence-electron chi connectivity index (χ0n) is 9.44. The smallest absolute Gasteiger partial charge is 0.356 e. The second-order valence-electron chi connectivity index (χ2n) is 3.80. The van der Waals surface area contributed by atoms with Crippen LogP contribution >= 0.6 is 15.9 Å². The van der Waals surface area contributed by atoms with Crippen LogP contribution in [-0.4, -0.2) is 20.6 Å². The van der Waals surface area contributed by atoms with Gasteiger partial charge in [-0.3, -0.25) is 0 Å². The van der Waals surface area contributed by atoms with E-state index in [-0.39, 0.29) is 5.69 Å². The fourth-order valence-corrected chi connectivity index (χ4v) is 2.31. The van der Waals surface area contributed by atoms with Gasteiger partial charge in [-0.15, -0.1) is 0 Å². The molecule has 0 amide bonds. The van der Waals surface area contributed by atoms with Crippen LogP contribution in [0.3, 0.4) is 0 Å². The van der Waals surface area contributed by atoms with E-state index in [0.717, 1.165) is 15.7 Å². The van der Waals surface area contributed by atoms with Gasteiger partial charge in [0.2, 0.25) is 0 Å². The summed E-state index contributed by atoms with van der Waals surface area (Å²) >= 11 is 3.47. The molecule has 1 heterocycles. The average molecular weight is 295 g/mol. The van der Waals surface area contributed by atoms with Gasteiger partial charge in [-0.25, -0.2) is 9.78 Å². The van der Waals surface area contributed by atoms with E-state index in [9.17, 15) is 4.79 Å². The lowest BCUT2D eigenvalue weighted by Gasteiger charge is -2.07. The first-order chi connectivity index (χ1) is 7.99. The van der Waals surface area contributed by atoms with E-state index in [1.54, 1.807) is 11.5 Å². The van der Waals surface area contributed by atoms with Gasteiger partial charge in [0.25, 0.3) is 0 Å². The molecule has 5 heteroatoms. The summed E-state index contributed by atoms with van der Waals surface area (Å²) in [5.41, 5.74) is 2.07. The molecule has 0 saturated heterocycles. The van der Waals surface area contributed by atoms with Crippen molar-refractivity contribution in [2.45, 2.75) is 13.8 Å². The highest BCUT2D eigenvalue weighted by Crippen LogP contribution is 2.23.